The quantitative estimate of drug-likeness (QED) is 0.146. The van der Waals surface area contributed by atoms with Crippen LogP contribution in [0.5, 0.6) is 0 Å². The highest BCUT2D eigenvalue weighted by Crippen LogP contribution is 2.51. The van der Waals surface area contributed by atoms with Gasteiger partial charge in [0, 0.05) is 0 Å². The fourth-order valence-electron chi connectivity index (χ4n) is 3.65. The number of hydrogen-bond donors (Lipinski definition) is 0. The highest BCUT2D eigenvalue weighted by molar-refractivity contribution is 7.53. The Bertz CT molecular complexity index is 403. The zero-order valence-corrected chi connectivity index (χ0v) is 23.0. The molecule has 0 aromatic heterocycles. The van der Waals surface area contributed by atoms with Crippen LogP contribution in [0.2, 0.25) is 0 Å². The minimum absolute atomic E-state index is 0. The van der Waals surface area contributed by atoms with Gasteiger partial charge in [0.2, 0.25) is 0 Å². The lowest BCUT2D eigenvalue weighted by Crippen LogP contribution is -3.00. The van der Waals surface area contributed by atoms with Gasteiger partial charge >= 0.3 is 7.60 Å². The maximum atomic E-state index is 13.1. The molecule has 0 fully saturated rings. The van der Waals surface area contributed by atoms with Crippen LogP contribution in [0.3, 0.4) is 0 Å². The minimum atomic E-state index is -3.07. The van der Waals surface area contributed by atoms with Gasteiger partial charge in [0.1, 0.15) is 0 Å². The highest BCUT2D eigenvalue weighted by Gasteiger charge is 2.36. The Morgan fingerprint density at radius 1 is 0.690 bits per heavy atom. The van der Waals surface area contributed by atoms with Gasteiger partial charge in [0.25, 0.3) is 0 Å². The third-order valence-corrected chi connectivity index (χ3v) is 7.51. The molecule has 0 atom stereocenters. The van der Waals surface area contributed by atoms with Crippen molar-refractivity contribution < 1.29 is 35.1 Å². The van der Waals surface area contributed by atoms with Crippen molar-refractivity contribution in [2.24, 2.45) is 0 Å². The van der Waals surface area contributed by atoms with Crippen LogP contribution in [0.25, 0.3) is 0 Å². The van der Waals surface area contributed by atoms with Gasteiger partial charge in [-0.3, -0.25) is 4.57 Å². The fraction of sp³-hybridized carbons (Fsp3) is 1.00. The lowest BCUT2D eigenvalue weighted by Gasteiger charge is -2.34. The molecule has 0 radical (unpaired) electrons. The standard InChI is InChI=1S/C23H51NO3P.BrH/c1-8-9-10-11-12-13-14-15-16-17-18-19-20-24(6,7)21-28(25,26-22(2)3)27-23(4)5;/h22-23H,8-21H2,1-7H3;1H/q+1;/p-1. The summed E-state index contributed by atoms with van der Waals surface area (Å²) in [6, 6.07) is 0. The van der Waals surface area contributed by atoms with E-state index in [1.165, 1.54) is 77.0 Å². The minimum Gasteiger partial charge on any atom is -1.00 e. The smallest absolute Gasteiger partial charge is 0.385 e. The molecule has 6 heteroatoms. The summed E-state index contributed by atoms with van der Waals surface area (Å²) in [7, 11) is 1.21. The molecule has 0 aliphatic rings. The Balaban J connectivity index is 0. The third kappa shape index (κ3) is 20.3. The van der Waals surface area contributed by atoms with Crippen molar-refractivity contribution in [1.29, 1.82) is 0 Å². The molecule has 0 rings (SSSR count). The van der Waals surface area contributed by atoms with Gasteiger partial charge in [0.15, 0.2) is 6.29 Å². The summed E-state index contributed by atoms with van der Waals surface area (Å²) in [5, 5.41) is 0. The Kier molecular flexibility index (Phi) is 19.9. The summed E-state index contributed by atoms with van der Waals surface area (Å²) < 4.78 is 25.2. The van der Waals surface area contributed by atoms with Crippen molar-refractivity contribution in [2.45, 2.75) is 124 Å². The van der Waals surface area contributed by atoms with Crippen molar-refractivity contribution >= 4 is 7.60 Å². The molecule has 178 valence electrons. The van der Waals surface area contributed by atoms with E-state index in [0.717, 1.165) is 6.54 Å². The second kappa shape index (κ2) is 18.2. The molecule has 0 saturated heterocycles. The van der Waals surface area contributed by atoms with Crippen molar-refractivity contribution in [3.05, 3.63) is 0 Å². The van der Waals surface area contributed by atoms with Crippen LogP contribution in [-0.2, 0) is 13.6 Å². The molecule has 4 nitrogen and oxygen atoms in total. The number of quaternary nitrogens is 1. The van der Waals surface area contributed by atoms with E-state index >= 15 is 0 Å². The molecule has 0 bridgehead atoms. The predicted molar refractivity (Wildman–Crippen MR) is 123 cm³/mol. The number of unbranched alkanes of at least 4 members (excludes halogenated alkanes) is 11. The molecule has 0 N–H and O–H groups in total. The van der Waals surface area contributed by atoms with Gasteiger partial charge < -0.3 is 30.5 Å². The van der Waals surface area contributed by atoms with Gasteiger partial charge in [-0.1, -0.05) is 71.1 Å². The van der Waals surface area contributed by atoms with Crippen molar-refractivity contribution in [3.63, 3.8) is 0 Å². The van der Waals surface area contributed by atoms with Crippen molar-refractivity contribution in [2.75, 3.05) is 26.9 Å². The number of nitrogens with zero attached hydrogens (tertiary/aromatic N) is 1. The molecule has 0 amide bonds. The zero-order valence-electron chi connectivity index (χ0n) is 20.6. The van der Waals surface area contributed by atoms with Gasteiger partial charge in [-0.2, -0.15) is 0 Å². The average Bonchev–Trinajstić information content (AvgIpc) is 2.53. The molecule has 0 saturated carbocycles. The first-order valence-corrected chi connectivity index (χ1v) is 13.6. The Morgan fingerprint density at radius 2 is 1.03 bits per heavy atom. The summed E-state index contributed by atoms with van der Waals surface area (Å²) in [5.74, 6) is 0. The van der Waals surface area contributed by atoms with Crippen LogP contribution in [0.4, 0.5) is 0 Å². The van der Waals surface area contributed by atoms with Gasteiger partial charge in [0.05, 0.1) is 32.8 Å². The first kappa shape index (κ1) is 31.8. The largest absolute Gasteiger partial charge is 1.00 e. The molecule has 0 aliphatic carbocycles. The van der Waals surface area contributed by atoms with Crippen molar-refractivity contribution in [3.8, 4) is 0 Å². The Labute approximate surface area is 193 Å². The Morgan fingerprint density at radius 3 is 1.38 bits per heavy atom. The monoisotopic (exact) mass is 499 g/mol. The van der Waals surface area contributed by atoms with Crippen LogP contribution in [0.1, 0.15) is 112 Å². The van der Waals surface area contributed by atoms with Crippen LogP contribution in [0.15, 0.2) is 0 Å². The molecular formula is C23H51BrNO3P. The summed E-state index contributed by atoms with van der Waals surface area (Å²) in [6.07, 6.45) is 16.6. The Hall–Kier alpha value is 0.590. The van der Waals surface area contributed by atoms with Crippen LogP contribution in [0, 0.1) is 0 Å². The maximum Gasteiger partial charge on any atom is 0.385 e. The van der Waals surface area contributed by atoms with Gasteiger partial charge in [-0.05, 0) is 40.5 Å². The molecule has 29 heavy (non-hydrogen) atoms. The zero-order chi connectivity index (χ0) is 21.5. The normalized spacial score (nSPS) is 12.6. The summed E-state index contributed by atoms with van der Waals surface area (Å²) in [6.45, 7) is 11.0. The van der Waals surface area contributed by atoms with E-state index in [0.29, 0.717) is 10.8 Å². The SMILES string of the molecule is CCCCCCCCCCCCCC[N+](C)(C)CP(=O)(OC(C)C)OC(C)C.[Br-]. The van der Waals surface area contributed by atoms with Crippen LogP contribution >= 0.6 is 7.60 Å². The lowest BCUT2D eigenvalue weighted by molar-refractivity contribution is -0.880. The van der Waals surface area contributed by atoms with Gasteiger partial charge in [-0.25, -0.2) is 0 Å². The van der Waals surface area contributed by atoms with E-state index < -0.39 is 7.60 Å². The fourth-order valence-corrected chi connectivity index (χ4v) is 6.20. The number of hydrogen-bond acceptors (Lipinski definition) is 3. The van der Waals surface area contributed by atoms with Crippen LogP contribution < -0.4 is 17.0 Å². The average molecular weight is 501 g/mol. The van der Waals surface area contributed by atoms with E-state index in [-0.39, 0.29) is 29.2 Å². The second-order valence-electron chi connectivity index (χ2n) is 9.61. The van der Waals surface area contributed by atoms with E-state index in [2.05, 4.69) is 21.0 Å². The first-order valence-electron chi connectivity index (χ1n) is 11.9. The van der Waals surface area contributed by atoms with E-state index in [4.69, 9.17) is 9.05 Å². The van der Waals surface area contributed by atoms with E-state index in [1.54, 1.807) is 0 Å². The maximum absolute atomic E-state index is 13.1. The highest BCUT2D eigenvalue weighted by atomic mass is 79.9. The summed E-state index contributed by atoms with van der Waals surface area (Å²) in [5.41, 5.74) is 0. The number of halogens is 1. The van der Waals surface area contributed by atoms with Crippen molar-refractivity contribution in [1.82, 2.24) is 0 Å². The predicted octanol–water partition coefficient (Wildman–Crippen LogP) is 4.77. The first-order chi connectivity index (χ1) is 13.1. The lowest BCUT2D eigenvalue weighted by atomic mass is 10.1. The summed E-state index contributed by atoms with van der Waals surface area (Å²) >= 11 is 0. The molecule has 0 spiro atoms. The molecular weight excluding hydrogens is 449 g/mol. The molecule has 0 aromatic rings. The van der Waals surface area contributed by atoms with Crippen LogP contribution in [-0.4, -0.2) is 43.6 Å². The van der Waals surface area contributed by atoms with Gasteiger partial charge in [-0.15, -0.1) is 0 Å². The topological polar surface area (TPSA) is 35.5 Å². The summed E-state index contributed by atoms with van der Waals surface area (Å²) in [4.78, 5) is 0. The van der Waals surface area contributed by atoms with E-state index in [1.807, 2.05) is 27.7 Å². The second-order valence-corrected chi connectivity index (χ2v) is 11.5. The molecule has 0 aromatic carbocycles. The molecule has 0 aliphatic heterocycles. The number of rotatable bonds is 19. The van der Waals surface area contributed by atoms with E-state index in [9.17, 15) is 4.57 Å². The molecule has 0 heterocycles. The third-order valence-electron chi connectivity index (χ3n) is 4.92. The molecule has 0 unspecified atom stereocenters.